The van der Waals surface area contributed by atoms with Gasteiger partial charge in [0.25, 0.3) is 0 Å². The Labute approximate surface area is 102 Å². The molecule has 0 aromatic rings. The van der Waals surface area contributed by atoms with Crippen molar-refractivity contribution in [1.29, 1.82) is 0 Å². The number of amides is 1. The van der Waals surface area contributed by atoms with Crippen LogP contribution in [0.1, 0.15) is 39.0 Å². The molecule has 17 heavy (non-hydrogen) atoms. The van der Waals surface area contributed by atoms with Crippen LogP contribution < -0.4 is 10.6 Å². The third-order valence-electron chi connectivity index (χ3n) is 3.24. The van der Waals surface area contributed by atoms with Gasteiger partial charge in [0.05, 0.1) is 12.0 Å². The number of rotatable bonds is 5. The maximum Gasteiger partial charge on any atom is 0.308 e. The summed E-state index contributed by atoms with van der Waals surface area (Å²) in [6.45, 7) is 2.91. The first kappa shape index (κ1) is 14.0. The summed E-state index contributed by atoms with van der Waals surface area (Å²) < 4.78 is 0. The standard InChI is InChI=1S/C12H22N2O3/c1-2-9(12(16)17)8-14-11(15)10-6-4-3-5-7-13-10/h9-10,13H,2-8H2,1H3,(H,14,15)(H,16,17). The largest absolute Gasteiger partial charge is 0.481 e. The van der Waals surface area contributed by atoms with Gasteiger partial charge in [-0.05, 0) is 25.8 Å². The van der Waals surface area contributed by atoms with E-state index >= 15 is 0 Å². The van der Waals surface area contributed by atoms with E-state index in [9.17, 15) is 9.59 Å². The fourth-order valence-corrected chi connectivity index (χ4v) is 2.01. The second-order valence-corrected chi connectivity index (χ2v) is 4.54. The van der Waals surface area contributed by atoms with Crippen molar-refractivity contribution in [3.05, 3.63) is 0 Å². The second-order valence-electron chi connectivity index (χ2n) is 4.54. The van der Waals surface area contributed by atoms with Crippen molar-refractivity contribution in [2.45, 2.75) is 45.1 Å². The van der Waals surface area contributed by atoms with Crippen LogP contribution in [0.25, 0.3) is 0 Å². The number of carboxylic acids is 1. The molecule has 3 N–H and O–H groups in total. The van der Waals surface area contributed by atoms with Crippen LogP contribution >= 0.6 is 0 Å². The molecule has 0 aromatic heterocycles. The average molecular weight is 242 g/mol. The van der Waals surface area contributed by atoms with E-state index in [0.29, 0.717) is 6.42 Å². The molecule has 0 saturated carbocycles. The molecule has 0 aromatic carbocycles. The zero-order chi connectivity index (χ0) is 12.7. The fraction of sp³-hybridized carbons (Fsp3) is 0.833. The van der Waals surface area contributed by atoms with Crippen molar-refractivity contribution in [3.8, 4) is 0 Å². The summed E-state index contributed by atoms with van der Waals surface area (Å²) in [5, 5.41) is 14.8. The van der Waals surface area contributed by atoms with E-state index in [4.69, 9.17) is 5.11 Å². The molecule has 2 unspecified atom stereocenters. The highest BCUT2D eigenvalue weighted by Gasteiger charge is 2.21. The number of carbonyl (C=O) groups is 2. The van der Waals surface area contributed by atoms with Gasteiger partial charge in [-0.3, -0.25) is 9.59 Å². The Kier molecular flexibility index (Phi) is 5.97. The number of carboxylic acid groups (broad SMARTS) is 1. The van der Waals surface area contributed by atoms with E-state index in [0.717, 1.165) is 32.2 Å². The van der Waals surface area contributed by atoms with Crippen molar-refractivity contribution < 1.29 is 14.7 Å². The molecule has 1 amide bonds. The molecule has 0 bridgehead atoms. The van der Waals surface area contributed by atoms with Crippen LogP contribution in [-0.2, 0) is 9.59 Å². The van der Waals surface area contributed by atoms with Crippen molar-refractivity contribution in [2.75, 3.05) is 13.1 Å². The van der Waals surface area contributed by atoms with Gasteiger partial charge in [-0.15, -0.1) is 0 Å². The molecule has 0 radical (unpaired) electrons. The Hall–Kier alpha value is -1.10. The van der Waals surface area contributed by atoms with E-state index in [1.54, 1.807) is 0 Å². The summed E-state index contributed by atoms with van der Waals surface area (Å²) >= 11 is 0. The predicted octanol–water partition coefficient (Wildman–Crippen LogP) is 0.746. The van der Waals surface area contributed by atoms with Gasteiger partial charge in [-0.25, -0.2) is 0 Å². The van der Waals surface area contributed by atoms with Crippen molar-refractivity contribution in [1.82, 2.24) is 10.6 Å². The molecule has 1 fully saturated rings. The number of hydrogen-bond donors (Lipinski definition) is 3. The maximum absolute atomic E-state index is 11.8. The van der Waals surface area contributed by atoms with Gasteiger partial charge in [0.2, 0.25) is 5.91 Å². The van der Waals surface area contributed by atoms with Crippen LogP contribution in [0, 0.1) is 5.92 Å². The quantitative estimate of drug-likeness (QED) is 0.664. The first-order valence-corrected chi connectivity index (χ1v) is 6.39. The van der Waals surface area contributed by atoms with Crippen LogP contribution in [0.5, 0.6) is 0 Å². The smallest absolute Gasteiger partial charge is 0.308 e. The number of carbonyl (C=O) groups excluding carboxylic acids is 1. The molecule has 0 spiro atoms. The lowest BCUT2D eigenvalue weighted by molar-refractivity contribution is -0.141. The summed E-state index contributed by atoms with van der Waals surface area (Å²) in [4.78, 5) is 22.6. The molecule has 1 aliphatic heterocycles. The van der Waals surface area contributed by atoms with Gasteiger partial charge in [-0.2, -0.15) is 0 Å². The molecule has 2 atom stereocenters. The Morgan fingerprint density at radius 2 is 2.18 bits per heavy atom. The average Bonchev–Trinajstić information content (AvgIpc) is 2.57. The molecule has 0 aliphatic carbocycles. The van der Waals surface area contributed by atoms with Crippen LogP contribution in [0.4, 0.5) is 0 Å². The molecular formula is C12H22N2O3. The zero-order valence-corrected chi connectivity index (χ0v) is 10.4. The summed E-state index contributed by atoms with van der Waals surface area (Å²) in [6, 6.07) is -0.149. The molecule has 98 valence electrons. The highest BCUT2D eigenvalue weighted by molar-refractivity contribution is 5.82. The minimum Gasteiger partial charge on any atom is -0.481 e. The molecule has 1 rings (SSSR count). The van der Waals surface area contributed by atoms with Crippen LogP contribution in [0.2, 0.25) is 0 Å². The summed E-state index contributed by atoms with van der Waals surface area (Å²) in [5.74, 6) is -1.39. The first-order chi connectivity index (χ1) is 8.15. The Morgan fingerprint density at radius 1 is 1.41 bits per heavy atom. The molecule has 5 nitrogen and oxygen atoms in total. The Morgan fingerprint density at radius 3 is 2.82 bits per heavy atom. The van der Waals surface area contributed by atoms with E-state index in [2.05, 4.69) is 10.6 Å². The maximum atomic E-state index is 11.8. The lowest BCUT2D eigenvalue weighted by Crippen LogP contribution is -2.45. The third kappa shape index (κ3) is 4.73. The molecular weight excluding hydrogens is 220 g/mol. The minimum absolute atomic E-state index is 0.0633. The number of hydrogen-bond acceptors (Lipinski definition) is 3. The first-order valence-electron chi connectivity index (χ1n) is 6.39. The summed E-state index contributed by atoms with van der Waals surface area (Å²) in [6.07, 6.45) is 4.70. The monoisotopic (exact) mass is 242 g/mol. The Balaban J connectivity index is 2.34. The topological polar surface area (TPSA) is 78.4 Å². The highest BCUT2D eigenvalue weighted by atomic mass is 16.4. The van der Waals surface area contributed by atoms with Crippen LogP contribution in [-0.4, -0.2) is 36.1 Å². The number of nitrogens with one attached hydrogen (secondary N) is 2. The molecule has 1 aliphatic rings. The third-order valence-corrected chi connectivity index (χ3v) is 3.24. The zero-order valence-electron chi connectivity index (χ0n) is 10.4. The van der Waals surface area contributed by atoms with E-state index in [-0.39, 0.29) is 18.5 Å². The van der Waals surface area contributed by atoms with Crippen molar-refractivity contribution >= 4 is 11.9 Å². The minimum atomic E-state index is -0.846. The van der Waals surface area contributed by atoms with Crippen molar-refractivity contribution in [2.24, 2.45) is 5.92 Å². The molecule has 5 heteroatoms. The highest BCUT2D eigenvalue weighted by Crippen LogP contribution is 2.08. The lowest BCUT2D eigenvalue weighted by Gasteiger charge is -2.17. The summed E-state index contributed by atoms with van der Waals surface area (Å²) in [5.41, 5.74) is 0. The SMILES string of the molecule is CCC(CNC(=O)C1CCCCCN1)C(=O)O. The van der Waals surface area contributed by atoms with Crippen molar-refractivity contribution in [3.63, 3.8) is 0 Å². The van der Waals surface area contributed by atoms with Gasteiger partial charge in [0.1, 0.15) is 0 Å². The second kappa shape index (κ2) is 7.27. The van der Waals surface area contributed by atoms with Gasteiger partial charge < -0.3 is 15.7 Å². The normalized spacial score (nSPS) is 22.5. The van der Waals surface area contributed by atoms with E-state index < -0.39 is 11.9 Å². The molecule has 1 saturated heterocycles. The Bertz CT molecular complexity index is 260. The van der Waals surface area contributed by atoms with E-state index in [1.807, 2.05) is 6.92 Å². The summed E-state index contributed by atoms with van der Waals surface area (Å²) in [7, 11) is 0. The number of aliphatic carboxylic acids is 1. The van der Waals surface area contributed by atoms with Gasteiger partial charge in [-0.1, -0.05) is 19.8 Å². The predicted molar refractivity (Wildman–Crippen MR) is 64.7 cm³/mol. The van der Waals surface area contributed by atoms with E-state index in [1.165, 1.54) is 0 Å². The van der Waals surface area contributed by atoms with Gasteiger partial charge >= 0.3 is 5.97 Å². The van der Waals surface area contributed by atoms with Crippen LogP contribution in [0.3, 0.4) is 0 Å². The lowest BCUT2D eigenvalue weighted by atomic mass is 10.1. The fourth-order valence-electron chi connectivity index (χ4n) is 2.01. The van der Waals surface area contributed by atoms with Gasteiger partial charge in [0.15, 0.2) is 0 Å². The van der Waals surface area contributed by atoms with Gasteiger partial charge in [0, 0.05) is 6.54 Å². The van der Waals surface area contributed by atoms with Crippen LogP contribution in [0.15, 0.2) is 0 Å². The molecule has 1 heterocycles.